The highest BCUT2D eigenvalue weighted by Crippen LogP contribution is 2.28. The van der Waals surface area contributed by atoms with E-state index in [4.69, 9.17) is 4.74 Å². The highest BCUT2D eigenvalue weighted by molar-refractivity contribution is 9.10. The lowest BCUT2D eigenvalue weighted by Crippen LogP contribution is -2.24. The quantitative estimate of drug-likeness (QED) is 0.355. The van der Waals surface area contributed by atoms with Gasteiger partial charge in [0.2, 0.25) is 0 Å². The van der Waals surface area contributed by atoms with Crippen molar-refractivity contribution >= 4 is 49.8 Å². The molecule has 1 atom stereocenters. The molecule has 4 rings (SSSR count). The predicted octanol–water partition coefficient (Wildman–Crippen LogP) is 5.00. The van der Waals surface area contributed by atoms with Gasteiger partial charge in [-0.05, 0) is 48.4 Å². The zero-order valence-electron chi connectivity index (χ0n) is 18.2. The molecule has 1 aromatic heterocycles. The van der Waals surface area contributed by atoms with Crippen LogP contribution in [0, 0.1) is 0 Å². The number of nitrogens with zero attached hydrogens (tertiary/aromatic N) is 3. The molecule has 0 saturated heterocycles. The van der Waals surface area contributed by atoms with E-state index in [0.29, 0.717) is 34.5 Å². The molecule has 0 aliphatic carbocycles. The summed E-state index contributed by atoms with van der Waals surface area (Å²) in [5.74, 6) is -0.152. The Hall–Kier alpha value is -3.52. The molecule has 4 aromatic rings. The fourth-order valence-electron chi connectivity index (χ4n) is 3.57. The summed E-state index contributed by atoms with van der Waals surface area (Å²) < 4.78 is 7.79. The lowest BCUT2D eigenvalue weighted by atomic mass is 10.0. The van der Waals surface area contributed by atoms with Crippen LogP contribution in [0.4, 0.5) is 0 Å². The molecule has 0 radical (unpaired) electrons. The second-order valence-electron chi connectivity index (χ2n) is 7.60. The number of carboxylic acid groups (broad SMARTS) is 1. The molecule has 0 aliphatic heterocycles. The first kappa shape index (κ1) is 22.7. The van der Waals surface area contributed by atoms with Crippen LogP contribution in [0.2, 0.25) is 0 Å². The van der Waals surface area contributed by atoms with E-state index >= 15 is 0 Å². The maximum Gasteiger partial charge on any atom is 0.344 e. The number of benzene rings is 3. The number of hydrogen-bond donors (Lipinski definition) is 1. The molecule has 8 heteroatoms. The van der Waals surface area contributed by atoms with E-state index in [2.05, 4.69) is 26.0 Å². The number of aryl methyl sites for hydroxylation is 1. The number of hydrogen-bond acceptors (Lipinski definition) is 5. The van der Waals surface area contributed by atoms with Gasteiger partial charge in [-0.15, -0.1) is 0 Å². The van der Waals surface area contributed by atoms with Crippen LogP contribution in [0.3, 0.4) is 0 Å². The van der Waals surface area contributed by atoms with Gasteiger partial charge in [0.05, 0.1) is 17.1 Å². The van der Waals surface area contributed by atoms with Gasteiger partial charge < -0.3 is 9.84 Å². The minimum Gasteiger partial charge on any atom is -0.479 e. The van der Waals surface area contributed by atoms with Crippen molar-refractivity contribution in [3.05, 3.63) is 80.8 Å². The van der Waals surface area contributed by atoms with Crippen molar-refractivity contribution in [2.24, 2.45) is 5.10 Å². The molecule has 1 N–H and O–H groups in total. The summed E-state index contributed by atoms with van der Waals surface area (Å²) in [7, 11) is 0. The predicted molar refractivity (Wildman–Crippen MR) is 132 cm³/mol. The lowest BCUT2D eigenvalue weighted by molar-refractivity contribution is -0.144. The average molecular weight is 508 g/mol. The standard InChI is InChI=1S/C25H22BrN3O4/c1-3-6-23-28-21-11-10-17(26)13-19(21)24(30)29(23)27-14-20-18-8-5-4-7-16(18)9-12-22(20)33-15(2)25(31)32/h4-5,7-15H,3,6H2,1-2H3,(H,31,32)/t15-/m0/s1. The van der Waals surface area contributed by atoms with Gasteiger partial charge in [-0.1, -0.05) is 53.2 Å². The molecule has 0 fully saturated rings. The topological polar surface area (TPSA) is 93.8 Å². The van der Waals surface area contributed by atoms with Crippen molar-refractivity contribution in [3.63, 3.8) is 0 Å². The summed E-state index contributed by atoms with van der Waals surface area (Å²) in [5.41, 5.74) is 0.926. The number of carboxylic acids is 1. The Morgan fingerprint density at radius 2 is 2.00 bits per heavy atom. The van der Waals surface area contributed by atoms with Crippen LogP contribution >= 0.6 is 15.9 Å². The van der Waals surface area contributed by atoms with Crippen molar-refractivity contribution in [1.82, 2.24) is 9.66 Å². The maximum atomic E-state index is 13.3. The normalized spacial score (nSPS) is 12.5. The van der Waals surface area contributed by atoms with Gasteiger partial charge in [0, 0.05) is 16.5 Å². The Morgan fingerprint density at radius 1 is 1.21 bits per heavy atom. The van der Waals surface area contributed by atoms with Crippen LogP contribution in [0.15, 0.2) is 69.0 Å². The van der Waals surface area contributed by atoms with Crippen LogP contribution in [-0.4, -0.2) is 33.1 Å². The zero-order chi connectivity index (χ0) is 23.5. The largest absolute Gasteiger partial charge is 0.479 e. The number of ether oxygens (including phenoxy) is 1. The number of carbonyl (C=O) groups is 1. The van der Waals surface area contributed by atoms with Gasteiger partial charge in [-0.3, -0.25) is 4.79 Å². The second kappa shape index (κ2) is 9.54. The zero-order valence-corrected chi connectivity index (χ0v) is 19.7. The molecule has 0 unspecified atom stereocenters. The summed E-state index contributed by atoms with van der Waals surface area (Å²) in [4.78, 5) is 29.3. The monoisotopic (exact) mass is 507 g/mol. The SMILES string of the molecule is CCCc1nc2ccc(Br)cc2c(=O)n1N=Cc1c(O[C@@H](C)C(=O)O)ccc2ccccc12. The van der Waals surface area contributed by atoms with E-state index in [0.717, 1.165) is 21.7 Å². The third kappa shape index (κ3) is 4.66. The third-order valence-electron chi connectivity index (χ3n) is 5.23. The van der Waals surface area contributed by atoms with E-state index in [-0.39, 0.29) is 5.56 Å². The molecular weight excluding hydrogens is 486 g/mol. The number of aliphatic carboxylic acids is 1. The van der Waals surface area contributed by atoms with E-state index in [1.165, 1.54) is 17.8 Å². The number of rotatable bonds is 7. The van der Waals surface area contributed by atoms with E-state index < -0.39 is 12.1 Å². The van der Waals surface area contributed by atoms with Crippen LogP contribution in [-0.2, 0) is 11.2 Å². The Labute approximate surface area is 198 Å². The van der Waals surface area contributed by atoms with Gasteiger partial charge in [0.25, 0.3) is 5.56 Å². The van der Waals surface area contributed by atoms with Gasteiger partial charge in [-0.2, -0.15) is 9.78 Å². The average Bonchev–Trinajstić information content (AvgIpc) is 2.80. The lowest BCUT2D eigenvalue weighted by Gasteiger charge is -2.15. The number of aromatic nitrogens is 2. The van der Waals surface area contributed by atoms with E-state index in [9.17, 15) is 14.7 Å². The van der Waals surface area contributed by atoms with E-state index in [1.807, 2.05) is 43.3 Å². The van der Waals surface area contributed by atoms with Crippen LogP contribution in [0.1, 0.15) is 31.7 Å². The first-order valence-electron chi connectivity index (χ1n) is 10.6. The minimum atomic E-state index is -1.07. The first-order chi connectivity index (χ1) is 15.9. The molecule has 0 saturated carbocycles. The number of halogens is 1. The molecule has 7 nitrogen and oxygen atoms in total. The van der Waals surface area contributed by atoms with Crippen molar-refractivity contribution in [2.45, 2.75) is 32.8 Å². The molecule has 0 spiro atoms. The highest BCUT2D eigenvalue weighted by Gasteiger charge is 2.16. The molecule has 3 aromatic carbocycles. The smallest absolute Gasteiger partial charge is 0.344 e. The summed E-state index contributed by atoms with van der Waals surface area (Å²) in [6.45, 7) is 3.48. The fourth-order valence-corrected chi connectivity index (χ4v) is 3.93. The van der Waals surface area contributed by atoms with Gasteiger partial charge in [0.1, 0.15) is 11.6 Å². The summed E-state index contributed by atoms with van der Waals surface area (Å²) in [6.07, 6.45) is 1.87. The van der Waals surface area contributed by atoms with Gasteiger partial charge in [0.15, 0.2) is 6.10 Å². The summed E-state index contributed by atoms with van der Waals surface area (Å²) in [6, 6.07) is 16.6. The summed E-state index contributed by atoms with van der Waals surface area (Å²) in [5, 5.41) is 16.0. The Balaban J connectivity index is 1.90. The van der Waals surface area contributed by atoms with Crippen molar-refractivity contribution < 1.29 is 14.6 Å². The van der Waals surface area contributed by atoms with Crippen molar-refractivity contribution in [3.8, 4) is 5.75 Å². The second-order valence-corrected chi connectivity index (χ2v) is 8.51. The number of fused-ring (bicyclic) bond motifs is 2. The molecule has 33 heavy (non-hydrogen) atoms. The van der Waals surface area contributed by atoms with Crippen molar-refractivity contribution in [1.29, 1.82) is 0 Å². The Morgan fingerprint density at radius 3 is 2.76 bits per heavy atom. The molecule has 0 amide bonds. The van der Waals surface area contributed by atoms with Gasteiger partial charge in [-0.25, -0.2) is 9.78 Å². The van der Waals surface area contributed by atoms with Gasteiger partial charge >= 0.3 is 5.97 Å². The Bertz CT molecular complexity index is 1450. The Kier molecular flexibility index (Phi) is 6.55. The fraction of sp³-hybridized carbons (Fsp3) is 0.200. The van der Waals surface area contributed by atoms with Crippen molar-refractivity contribution in [2.75, 3.05) is 0 Å². The molecule has 168 valence electrons. The first-order valence-corrected chi connectivity index (χ1v) is 11.3. The highest BCUT2D eigenvalue weighted by atomic mass is 79.9. The molecule has 1 heterocycles. The third-order valence-corrected chi connectivity index (χ3v) is 5.73. The molecular formula is C25H22BrN3O4. The van der Waals surface area contributed by atoms with Crippen LogP contribution in [0.25, 0.3) is 21.7 Å². The summed E-state index contributed by atoms with van der Waals surface area (Å²) >= 11 is 3.41. The molecule has 0 bridgehead atoms. The van der Waals surface area contributed by atoms with Crippen LogP contribution in [0.5, 0.6) is 5.75 Å². The minimum absolute atomic E-state index is 0.275. The molecule has 0 aliphatic rings. The van der Waals surface area contributed by atoms with E-state index in [1.54, 1.807) is 18.2 Å². The van der Waals surface area contributed by atoms with Crippen LogP contribution < -0.4 is 10.3 Å². The maximum absolute atomic E-state index is 13.3.